The number of amides is 1. The average molecular weight is 473 g/mol. The standard InChI is InChI=1S/C27H29FN6O/c1-30-25-8-7-19(14-32-25)21-9-11-31-27-23(21)13-20(33(27)2)15-34-12-10-22(24(28)16-34)17-3-5-18(6-4-17)26(29)35/h3-9,11,13-14,22,24H,10,12,15-16H2,1-2H3,(H2,29,35)(H,30,32)/t22-,24-/m1/s1. The molecule has 2 atom stereocenters. The van der Waals surface area contributed by atoms with E-state index in [2.05, 4.69) is 36.9 Å². The van der Waals surface area contributed by atoms with Gasteiger partial charge in [0.05, 0.1) is 0 Å². The number of nitrogens with zero attached hydrogens (tertiary/aromatic N) is 4. The highest BCUT2D eigenvalue weighted by Crippen LogP contribution is 2.33. The Morgan fingerprint density at radius 2 is 1.97 bits per heavy atom. The van der Waals surface area contributed by atoms with Crippen molar-refractivity contribution >= 4 is 22.8 Å². The number of hydrogen-bond acceptors (Lipinski definition) is 5. The van der Waals surface area contributed by atoms with Crippen molar-refractivity contribution in [1.29, 1.82) is 0 Å². The van der Waals surface area contributed by atoms with Crippen LogP contribution in [0.5, 0.6) is 0 Å². The summed E-state index contributed by atoms with van der Waals surface area (Å²) in [6, 6.07) is 15.2. The molecule has 4 aromatic rings. The minimum Gasteiger partial charge on any atom is -0.373 e. The Labute approximate surface area is 203 Å². The second kappa shape index (κ2) is 9.46. The van der Waals surface area contributed by atoms with E-state index in [-0.39, 0.29) is 5.92 Å². The molecular weight excluding hydrogens is 443 g/mol. The van der Waals surface area contributed by atoms with Crippen molar-refractivity contribution in [3.63, 3.8) is 0 Å². The van der Waals surface area contributed by atoms with E-state index in [1.807, 2.05) is 50.8 Å². The lowest BCUT2D eigenvalue weighted by Gasteiger charge is -2.35. The second-order valence-electron chi connectivity index (χ2n) is 9.11. The summed E-state index contributed by atoms with van der Waals surface area (Å²) in [5, 5.41) is 4.10. The van der Waals surface area contributed by atoms with Gasteiger partial charge in [0.2, 0.25) is 5.91 Å². The van der Waals surface area contributed by atoms with Crippen LogP contribution in [-0.4, -0.2) is 51.7 Å². The van der Waals surface area contributed by atoms with E-state index in [1.165, 1.54) is 0 Å². The van der Waals surface area contributed by atoms with Gasteiger partial charge >= 0.3 is 0 Å². The van der Waals surface area contributed by atoms with Gasteiger partial charge in [0.15, 0.2) is 0 Å². The molecule has 0 saturated carbocycles. The van der Waals surface area contributed by atoms with E-state index in [0.29, 0.717) is 25.1 Å². The number of carbonyl (C=O) groups excluding carboxylic acids is 1. The number of nitrogens with two attached hydrogens (primary N) is 1. The van der Waals surface area contributed by atoms with Crippen molar-refractivity contribution in [1.82, 2.24) is 19.4 Å². The van der Waals surface area contributed by atoms with Gasteiger partial charge in [-0.3, -0.25) is 9.69 Å². The number of fused-ring (bicyclic) bond motifs is 1. The van der Waals surface area contributed by atoms with Gasteiger partial charge in [-0.2, -0.15) is 0 Å². The summed E-state index contributed by atoms with van der Waals surface area (Å²) >= 11 is 0. The van der Waals surface area contributed by atoms with Crippen molar-refractivity contribution in [3.8, 4) is 11.1 Å². The van der Waals surface area contributed by atoms with Gasteiger partial charge in [-0.05, 0) is 60.5 Å². The van der Waals surface area contributed by atoms with Crippen LogP contribution >= 0.6 is 0 Å². The van der Waals surface area contributed by atoms with E-state index in [4.69, 9.17) is 5.73 Å². The topological polar surface area (TPSA) is 89.1 Å². The van der Waals surface area contributed by atoms with Crippen molar-refractivity contribution in [2.45, 2.75) is 25.1 Å². The summed E-state index contributed by atoms with van der Waals surface area (Å²) in [6.45, 7) is 1.80. The number of nitrogens with one attached hydrogen (secondary N) is 1. The van der Waals surface area contributed by atoms with Crippen molar-refractivity contribution in [2.24, 2.45) is 12.8 Å². The SMILES string of the molecule is CNc1ccc(-c2ccnc3c2cc(CN2CC[C@H](c4ccc(C(N)=O)cc4)[C@H](F)C2)n3C)cn1. The molecule has 35 heavy (non-hydrogen) atoms. The van der Waals surface area contributed by atoms with Crippen LogP contribution in [0.25, 0.3) is 22.2 Å². The van der Waals surface area contributed by atoms with Gasteiger partial charge < -0.3 is 15.6 Å². The first-order valence-electron chi connectivity index (χ1n) is 11.8. The predicted molar refractivity (Wildman–Crippen MR) is 136 cm³/mol. The molecule has 0 bridgehead atoms. The number of alkyl halides is 1. The molecule has 1 aromatic carbocycles. The molecular formula is C27H29FN6O. The molecule has 8 heteroatoms. The maximum absolute atomic E-state index is 15.2. The maximum atomic E-state index is 15.2. The number of likely N-dealkylation sites (tertiary alicyclic amines) is 1. The molecule has 4 heterocycles. The van der Waals surface area contributed by atoms with E-state index in [1.54, 1.807) is 12.1 Å². The quantitative estimate of drug-likeness (QED) is 0.441. The molecule has 0 radical (unpaired) electrons. The van der Waals surface area contributed by atoms with E-state index < -0.39 is 12.1 Å². The number of piperidine rings is 1. The normalized spacial score (nSPS) is 18.6. The van der Waals surface area contributed by atoms with E-state index in [9.17, 15) is 4.79 Å². The number of carbonyl (C=O) groups is 1. The number of aromatic nitrogens is 3. The fourth-order valence-corrected chi connectivity index (χ4v) is 4.99. The summed E-state index contributed by atoms with van der Waals surface area (Å²) in [5.74, 6) is 0.171. The monoisotopic (exact) mass is 472 g/mol. The Balaban J connectivity index is 1.33. The maximum Gasteiger partial charge on any atom is 0.248 e. The number of aryl methyl sites for hydroxylation is 1. The summed E-state index contributed by atoms with van der Waals surface area (Å²) < 4.78 is 17.3. The molecule has 0 unspecified atom stereocenters. The smallest absolute Gasteiger partial charge is 0.248 e. The number of pyridine rings is 2. The molecule has 1 saturated heterocycles. The molecule has 3 aromatic heterocycles. The molecule has 0 aliphatic carbocycles. The predicted octanol–water partition coefficient (Wildman–Crippen LogP) is 4.10. The molecule has 180 valence electrons. The van der Waals surface area contributed by atoms with Crippen LogP contribution in [0.4, 0.5) is 10.2 Å². The van der Waals surface area contributed by atoms with Crippen molar-refractivity contribution in [2.75, 3.05) is 25.5 Å². The average Bonchev–Trinajstić information content (AvgIpc) is 3.19. The van der Waals surface area contributed by atoms with Gasteiger partial charge in [-0.25, -0.2) is 14.4 Å². The summed E-state index contributed by atoms with van der Waals surface area (Å²) in [4.78, 5) is 22.5. The molecule has 1 fully saturated rings. The molecule has 5 rings (SSSR count). The van der Waals surface area contributed by atoms with Crippen LogP contribution in [0.2, 0.25) is 0 Å². The molecule has 1 aliphatic heterocycles. The van der Waals surface area contributed by atoms with Gasteiger partial charge in [0.25, 0.3) is 0 Å². The highest BCUT2D eigenvalue weighted by atomic mass is 19.1. The molecule has 7 nitrogen and oxygen atoms in total. The van der Waals surface area contributed by atoms with Crippen molar-refractivity contribution in [3.05, 3.63) is 77.7 Å². The first kappa shape index (κ1) is 23.0. The third-order valence-corrected chi connectivity index (χ3v) is 6.99. The molecule has 1 aliphatic rings. The number of rotatable bonds is 6. The van der Waals surface area contributed by atoms with Gasteiger partial charge in [0, 0.05) is 67.7 Å². The number of hydrogen-bond donors (Lipinski definition) is 2. The van der Waals surface area contributed by atoms with Crippen LogP contribution in [-0.2, 0) is 13.6 Å². The van der Waals surface area contributed by atoms with Gasteiger partial charge in [-0.1, -0.05) is 12.1 Å². The Bertz CT molecular complexity index is 1350. The number of anilines is 1. The summed E-state index contributed by atoms with van der Waals surface area (Å²) in [7, 11) is 3.86. The minimum absolute atomic E-state index is 0.179. The fraction of sp³-hybridized carbons (Fsp3) is 0.296. The zero-order chi connectivity index (χ0) is 24.5. The molecule has 0 spiro atoms. The van der Waals surface area contributed by atoms with E-state index in [0.717, 1.165) is 45.8 Å². The number of benzene rings is 1. The van der Waals surface area contributed by atoms with Crippen LogP contribution in [0.15, 0.2) is 60.9 Å². The molecule has 3 N–H and O–H groups in total. The first-order chi connectivity index (χ1) is 16.9. The summed E-state index contributed by atoms with van der Waals surface area (Å²) in [6.07, 6.45) is 3.42. The Morgan fingerprint density at radius 1 is 1.17 bits per heavy atom. The zero-order valence-corrected chi connectivity index (χ0v) is 19.9. The van der Waals surface area contributed by atoms with E-state index >= 15 is 4.39 Å². The Morgan fingerprint density at radius 3 is 2.63 bits per heavy atom. The largest absolute Gasteiger partial charge is 0.373 e. The first-order valence-corrected chi connectivity index (χ1v) is 11.8. The third kappa shape index (κ3) is 4.49. The summed E-state index contributed by atoms with van der Waals surface area (Å²) in [5.41, 5.74) is 10.8. The fourth-order valence-electron chi connectivity index (χ4n) is 4.99. The van der Waals surface area contributed by atoms with Crippen LogP contribution in [0.1, 0.15) is 34.0 Å². The van der Waals surface area contributed by atoms with Crippen molar-refractivity contribution < 1.29 is 9.18 Å². The van der Waals surface area contributed by atoms with Gasteiger partial charge in [0.1, 0.15) is 17.6 Å². The third-order valence-electron chi connectivity index (χ3n) is 6.99. The molecule has 1 amide bonds. The Kier molecular flexibility index (Phi) is 6.21. The lowest BCUT2D eigenvalue weighted by molar-refractivity contribution is 0.1000. The number of primary amides is 1. The highest BCUT2D eigenvalue weighted by molar-refractivity contribution is 5.94. The second-order valence-corrected chi connectivity index (χ2v) is 9.11. The van der Waals surface area contributed by atoms with Gasteiger partial charge in [-0.15, -0.1) is 0 Å². The number of halogens is 1. The lowest BCUT2D eigenvalue weighted by Crippen LogP contribution is -2.40. The lowest BCUT2D eigenvalue weighted by atomic mass is 9.87. The zero-order valence-electron chi connectivity index (χ0n) is 19.9. The Hall–Kier alpha value is -3.78. The van der Waals surface area contributed by atoms with Crippen LogP contribution < -0.4 is 11.1 Å². The van der Waals surface area contributed by atoms with Crippen LogP contribution in [0, 0.1) is 0 Å². The van der Waals surface area contributed by atoms with Crippen LogP contribution in [0.3, 0.4) is 0 Å². The minimum atomic E-state index is -0.983. The highest BCUT2D eigenvalue weighted by Gasteiger charge is 2.31.